The summed E-state index contributed by atoms with van der Waals surface area (Å²) in [7, 11) is 1.34. The second-order valence-electron chi connectivity index (χ2n) is 8.09. The Labute approximate surface area is 205 Å². The van der Waals surface area contributed by atoms with Gasteiger partial charge in [-0.15, -0.1) is 0 Å². The summed E-state index contributed by atoms with van der Waals surface area (Å²) in [6, 6.07) is 18.8. The highest BCUT2D eigenvalue weighted by molar-refractivity contribution is 7.07. The van der Waals surface area contributed by atoms with E-state index in [1.807, 2.05) is 78.4 Å². The zero-order valence-electron chi connectivity index (χ0n) is 19.3. The molecule has 3 heterocycles. The summed E-state index contributed by atoms with van der Waals surface area (Å²) in [6.07, 6.45) is 4.26. The van der Waals surface area contributed by atoms with Crippen molar-refractivity contribution in [3.63, 3.8) is 0 Å². The number of rotatable bonds is 5. The van der Waals surface area contributed by atoms with Crippen LogP contribution >= 0.6 is 11.3 Å². The molecular formula is C27H22N4O3S. The molecule has 0 saturated heterocycles. The molecule has 1 aliphatic rings. The summed E-state index contributed by atoms with van der Waals surface area (Å²) in [6.45, 7) is 2.15. The Kier molecular flexibility index (Phi) is 5.93. The number of fused-ring (bicyclic) bond motifs is 2. The van der Waals surface area contributed by atoms with Crippen LogP contribution in [0.2, 0.25) is 0 Å². The van der Waals surface area contributed by atoms with Gasteiger partial charge in [0.2, 0.25) is 0 Å². The van der Waals surface area contributed by atoms with Crippen molar-refractivity contribution in [3.8, 4) is 6.07 Å². The van der Waals surface area contributed by atoms with E-state index < -0.39 is 12.0 Å². The average molecular weight is 483 g/mol. The lowest BCUT2D eigenvalue weighted by atomic mass is 9.95. The van der Waals surface area contributed by atoms with Crippen LogP contribution in [0.1, 0.15) is 30.5 Å². The molecule has 2 aromatic heterocycles. The lowest BCUT2D eigenvalue weighted by Gasteiger charge is -2.25. The first-order valence-corrected chi connectivity index (χ1v) is 12.0. The van der Waals surface area contributed by atoms with Crippen molar-refractivity contribution >= 4 is 34.3 Å². The number of methoxy groups -OCH3 is 1. The lowest BCUT2D eigenvalue weighted by molar-refractivity contribution is -0.136. The van der Waals surface area contributed by atoms with E-state index >= 15 is 0 Å². The van der Waals surface area contributed by atoms with Gasteiger partial charge >= 0.3 is 5.97 Å². The van der Waals surface area contributed by atoms with Crippen LogP contribution in [-0.4, -0.2) is 22.2 Å². The van der Waals surface area contributed by atoms with E-state index in [2.05, 4.69) is 6.07 Å². The van der Waals surface area contributed by atoms with Gasteiger partial charge in [0.1, 0.15) is 6.54 Å². The zero-order valence-corrected chi connectivity index (χ0v) is 20.1. The second-order valence-corrected chi connectivity index (χ2v) is 9.10. The first-order chi connectivity index (χ1) is 17.1. The number of para-hydroxylation sites is 1. The van der Waals surface area contributed by atoms with E-state index in [9.17, 15) is 14.9 Å². The lowest BCUT2D eigenvalue weighted by Crippen LogP contribution is -2.40. The van der Waals surface area contributed by atoms with Crippen molar-refractivity contribution in [3.05, 3.63) is 103 Å². The number of carbonyl (C=O) groups excluding carboxylic acids is 1. The van der Waals surface area contributed by atoms with Crippen molar-refractivity contribution in [2.45, 2.75) is 25.9 Å². The van der Waals surface area contributed by atoms with E-state index in [4.69, 9.17) is 9.73 Å². The molecule has 0 radical (unpaired) electrons. The summed E-state index contributed by atoms with van der Waals surface area (Å²) in [5.74, 6) is -0.492. The Morgan fingerprint density at radius 3 is 2.66 bits per heavy atom. The number of ether oxygens (including phenoxy) is 1. The smallest absolute Gasteiger partial charge is 0.338 e. The molecule has 0 bridgehead atoms. The number of nitrogens with zero attached hydrogens (tertiary/aromatic N) is 4. The molecule has 1 aliphatic heterocycles. The number of hydrogen-bond acceptors (Lipinski definition) is 6. The molecule has 2 aromatic carbocycles. The molecule has 7 nitrogen and oxygen atoms in total. The van der Waals surface area contributed by atoms with Crippen molar-refractivity contribution in [2.24, 2.45) is 4.99 Å². The number of carbonyl (C=O) groups is 1. The average Bonchev–Trinajstić information content (AvgIpc) is 3.40. The van der Waals surface area contributed by atoms with Crippen LogP contribution in [0.4, 0.5) is 0 Å². The number of nitriles is 1. The fourth-order valence-electron chi connectivity index (χ4n) is 4.55. The minimum absolute atomic E-state index is 0.214. The fraction of sp³-hybridized carbons (Fsp3) is 0.185. The number of allylic oxidation sites excluding steroid dienone is 1. The zero-order chi connectivity index (χ0) is 24.5. The Hall–Kier alpha value is -4.22. The molecular weight excluding hydrogens is 460 g/mol. The van der Waals surface area contributed by atoms with Gasteiger partial charge in [-0.25, -0.2) is 9.79 Å². The molecule has 0 aliphatic carbocycles. The fourth-order valence-corrected chi connectivity index (χ4v) is 5.56. The standard InChI is InChI=1S/C27H22N4O3S/c1-3-20-23(26(33)34-2)24(17-9-5-4-6-10-17)31-25(32)22(35-27(31)29-20)15-18-16-30(14-13-28)21-12-8-7-11-19(18)21/h4-12,15-16,24H,3,14H2,1-2H3/b22-15+/t24-/m0/s1. The van der Waals surface area contributed by atoms with Gasteiger partial charge in [-0.2, -0.15) is 5.26 Å². The molecule has 174 valence electrons. The normalized spacial score (nSPS) is 15.6. The number of benzene rings is 2. The summed E-state index contributed by atoms with van der Waals surface area (Å²) >= 11 is 1.29. The third-order valence-electron chi connectivity index (χ3n) is 6.11. The molecule has 35 heavy (non-hydrogen) atoms. The molecule has 1 atom stereocenters. The third kappa shape index (κ3) is 3.80. The molecule has 4 aromatic rings. The van der Waals surface area contributed by atoms with Gasteiger partial charge in [0.15, 0.2) is 4.80 Å². The quantitative estimate of drug-likeness (QED) is 0.409. The Morgan fingerprint density at radius 1 is 1.20 bits per heavy atom. The number of hydrogen-bond donors (Lipinski definition) is 0. The Morgan fingerprint density at radius 2 is 1.94 bits per heavy atom. The minimum atomic E-state index is -0.628. The van der Waals surface area contributed by atoms with Crippen LogP contribution in [0.15, 0.2) is 81.9 Å². The first-order valence-electron chi connectivity index (χ1n) is 11.2. The maximum absolute atomic E-state index is 13.8. The monoisotopic (exact) mass is 482 g/mol. The van der Waals surface area contributed by atoms with E-state index in [0.717, 1.165) is 22.0 Å². The molecule has 0 spiro atoms. The molecule has 5 rings (SSSR count). The van der Waals surface area contributed by atoms with Crippen molar-refractivity contribution in [1.82, 2.24) is 9.13 Å². The van der Waals surface area contributed by atoms with Gasteiger partial charge < -0.3 is 9.30 Å². The maximum Gasteiger partial charge on any atom is 0.338 e. The summed E-state index contributed by atoms with van der Waals surface area (Å²) < 4.78 is 9.06. The van der Waals surface area contributed by atoms with Gasteiger partial charge in [-0.1, -0.05) is 66.8 Å². The molecule has 0 fully saturated rings. The number of esters is 1. The highest BCUT2D eigenvalue weighted by Crippen LogP contribution is 2.31. The number of thiazole rings is 1. The predicted molar refractivity (Wildman–Crippen MR) is 134 cm³/mol. The third-order valence-corrected chi connectivity index (χ3v) is 7.10. The van der Waals surface area contributed by atoms with E-state index in [1.165, 1.54) is 18.4 Å². The van der Waals surface area contributed by atoms with Crippen LogP contribution in [0.25, 0.3) is 17.0 Å². The Bertz CT molecular complexity index is 1700. The molecule has 0 saturated carbocycles. The van der Waals surface area contributed by atoms with Gasteiger partial charge in [-0.3, -0.25) is 9.36 Å². The van der Waals surface area contributed by atoms with E-state index in [1.54, 1.807) is 4.57 Å². The molecule has 0 amide bonds. The van der Waals surface area contributed by atoms with Gasteiger partial charge in [0, 0.05) is 22.7 Å². The largest absolute Gasteiger partial charge is 0.466 e. The molecule has 0 unspecified atom stereocenters. The van der Waals surface area contributed by atoms with Crippen molar-refractivity contribution in [1.29, 1.82) is 5.26 Å². The van der Waals surface area contributed by atoms with E-state index in [-0.39, 0.29) is 12.1 Å². The van der Waals surface area contributed by atoms with Gasteiger partial charge in [-0.05, 0) is 24.1 Å². The summed E-state index contributed by atoms with van der Waals surface area (Å²) in [4.78, 5) is 31.9. The predicted octanol–water partition coefficient (Wildman–Crippen LogP) is 3.28. The Balaban J connectivity index is 1.77. The van der Waals surface area contributed by atoms with Gasteiger partial charge in [0.25, 0.3) is 5.56 Å². The van der Waals surface area contributed by atoms with Crippen molar-refractivity contribution < 1.29 is 9.53 Å². The van der Waals surface area contributed by atoms with Crippen molar-refractivity contribution in [2.75, 3.05) is 7.11 Å². The summed E-state index contributed by atoms with van der Waals surface area (Å²) in [5.41, 5.74) is 3.36. The van der Waals surface area contributed by atoms with E-state index in [0.29, 0.717) is 27.0 Å². The number of aromatic nitrogens is 2. The molecule has 8 heteroatoms. The topological polar surface area (TPSA) is 89.4 Å². The minimum Gasteiger partial charge on any atom is -0.466 e. The van der Waals surface area contributed by atoms with Crippen LogP contribution in [-0.2, 0) is 16.1 Å². The van der Waals surface area contributed by atoms with Crippen LogP contribution in [0.5, 0.6) is 0 Å². The highest BCUT2D eigenvalue weighted by atomic mass is 32.1. The van der Waals surface area contributed by atoms with Crippen LogP contribution in [0.3, 0.4) is 0 Å². The van der Waals surface area contributed by atoms with Crippen LogP contribution < -0.4 is 14.9 Å². The maximum atomic E-state index is 13.8. The highest BCUT2D eigenvalue weighted by Gasteiger charge is 2.33. The second kappa shape index (κ2) is 9.20. The summed E-state index contributed by atoms with van der Waals surface area (Å²) in [5, 5.41) is 10.2. The molecule has 0 N–H and O–H groups in total. The van der Waals surface area contributed by atoms with Gasteiger partial charge in [0.05, 0.1) is 35.0 Å². The van der Waals surface area contributed by atoms with Crippen LogP contribution in [0, 0.1) is 11.3 Å². The first kappa shape index (κ1) is 22.6. The SMILES string of the molecule is CCC1=C(C(=O)OC)[C@H](c2ccccc2)n2c(s/c(=C/c3cn(CC#N)c4ccccc34)c2=O)=N1.